The van der Waals surface area contributed by atoms with Crippen molar-refractivity contribution in [3.8, 4) is 11.4 Å². The zero-order valence-electron chi connectivity index (χ0n) is 9.46. The highest BCUT2D eigenvalue weighted by Crippen LogP contribution is 2.21. The van der Waals surface area contributed by atoms with Gasteiger partial charge in [0.15, 0.2) is 5.82 Å². The first-order valence-electron chi connectivity index (χ1n) is 5.08. The van der Waals surface area contributed by atoms with Crippen LogP contribution in [0.25, 0.3) is 11.4 Å². The van der Waals surface area contributed by atoms with E-state index in [2.05, 4.69) is 37.9 Å². The molecule has 2 aromatic rings. The van der Waals surface area contributed by atoms with Crippen molar-refractivity contribution in [3.05, 3.63) is 39.3 Å². The molecule has 1 aromatic heterocycles. The number of aromatic nitrogens is 2. The first-order valence-corrected chi connectivity index (χ1v) is 6.16. The van der Waals surface area contributed by atoms with Gasteiger partial charge in [-0.3, -0.25) is 0 Å². The van der Waals surface area contributed by atoms with Crippen molar-refractivity contribution in [3.63, 3.8) is 0 Å². The Morgan fingerprint density at radius 2 is 2.12 bits per heavy atom. The van der Waals surface area contributed by atoms with Gasteiger partial charge in [0.05, 0.1) is 3.57 Å². The maximum atomic E-state index is 13.2. The van der Waals surface area contributed by atoms with Crippen LogP contribution in [0.1, 0.15) is 5.56 Å². The number of benzene rings is 1. The van der Waals surface area contributed by atoms with Crippen LogP contribution in [0.2, 0.25) is 0 Å². The lowest BCUT2D eigenvalue weighted by molar-refractivity contribution is 0.618. The van der Waals surface area contributed by atoms with Crippen molar-refractivity contribution in [2.45, 2.75) is 6.92 Å². The minimum atomic E-state index is -0.215. The predicted octanol–water partition coefficient (Wildman–Crippen LogP) is 3.24. The van der Waals surface area contributed by atoms with E-state index in [1.807, 2.05) is 7.05 Å². The summed E-state index contributed by atoms with van der Waals surface area (Å²) in [6.07, 6.45) is 1.74. The Bertz CT molecular complexity index is 557. The van der Waals surface area contributed by atoms with E-state index in [1.54, 1.807) is 25.3 Å². The molecule has 1 heterocycles. The molecule has 0 saturated carbocycles. The average molecular weight is 343 g/mol. The number of halogens is 2. The number of nitrogens with one attached hydrogen (secondary N) is 1. The lowest BCUT2D eigenvalue weighted by atomic mass is 10.1. The summed E-state index contributed by atoms with van der Waals surface area (Å²) in [7, 11) is 1.81. The molecule has 17 heavy (non-hydrogen) atoms. The van der Waals surface area contributed by atoms with Crippen LogP contribution in [-0.4, -0.2) is 17.0 Å². The maximum absolute atomic E-state index is 13.2. The van der Waals surface area contributed by atoms with Gasteiger partial charge in [-0.2, -0.15) is 0 Å². The lowest BCUT2D eigenvalue weighted by Crippen LogP contribution is -1.99. The van der Waals surface area contributed by atoms with Crippen molar-refractivity contribution < 1.29 is 4.39 Å². The van der Waals surface area contributed by atoms with Crippen molar-refractivity contribution in [1.82, 2.24) is 9.97 Å². The third-order valence-electron chi connectivity index (χ3n) is 2.40. The number of nitrogens with zero attached hydrogens (tertiary/aromatic N) is 2. The number of rotatable bonds is 2. The lowest BCUT2D eigenvalue weighted by Gasteiger charge is -2.06. The van der Waals surface area contributed by atoms with Gasteiger partial charge in [-0.05, 0) is 53.3 Å². The molecule has 2 rings (SSSR count). The van der Waals surface area contributed by atoms with Gasteiger partial charge in [0, 0.05) is 18.8 Å². The molecule has 0 unspecified atom stereocenters. The molecule has 0 radical (unpaired) electrons. The molecule has 0 spiro atoms. The molecule has 1 aromatic carbocycles. The van der Waals surface area contributed by atoms with Crippen LogP contribution in [0.5, 0.6) is 0 Å². The summed E-state index contributed by atoms with van der Waals surface area (Å²) >= 11 is 2.16. The minimum absolute atomic E-state index is 0.215. The van der Waals surface area contributed by atoms with Crippen LogP contribution in [0.15, 0.2) is 24.4 Å². The van der Waals surface area contributed by atoms with E-state index in [9.17, 15) is 4.39 Å². The molecule has 1 N–H and O–H groups in total. The summed E-state index contributed by atoms with van der Waals surface area (Å²) in [6, 6.07) is 4.87. The highest BCUT2D eigenvalue weighted by molar-refractivity contribution is 14.1. The second-order valence-electron chi connectivity index (χ2n) is 3.60. The average Bonchev–Trinajstić information content (AvgIpc) is 2.33. The summed E-state index contributed by atoms with van der Waals surface area (Å²) in [6.45, 7) is 1.73. The molecule has 88 valence electrons. The Balaban J connectivity index is 2.49. The van der Waals surface area contributed by atoms with Gasteiger partial charge in [0.2, 0.25) is 0 Å². The second-order valence-corrected chi connectivity index (χ2v) is 4.77. The van der Waals surface area contributed by atoms with Crippen LogP contribution >= 0.6 is 22.6 Å². The Hall–Kier alpha value is -1.24. The fraction of sp³-hybridized carbons (Fsp3) is 0.167. The molecule has 0 aliphatic carbocycles. The van der Waals surface area contributed by atoms with E-state index in [-0.39, 0.29) is 5.82 Å². The smallest absolute Gasteiger partial charge is 0.161 e. The summed E-state index contributed by atoms with van der Waals surface area (Å²) < 4.78 is 14.1. The van der Waals surface area contributed by atoms with Crippen molar-refractivity contribution in [1.29, 1.82) is 0 Å². The molecular formula is C12H11FIN3. The van der Waals surface area contributed by atoms with E-state index < -0.39 is 0 Å². The Labute approximate surface area is 113 Å². The third kappa shape index (κ3) is 2.54. The van der Waals surface area contributed by atoms with Crippen molar-refractivity contribution in [2.24, 2.45) is 0 Å². The van der Waals surface area contributed by atoms with E-state index in [0.29, 0.717) is 11.4 Å². The van der Waals surface area contributed by atoms with Gasteiger partial charge in [0.25, 0.3) is 0 Å². The molecule has 3 nitrogen and oxygen atoms in total. The van der Waals surface area contributed by atoms with Gasteiger partial charge in [-0.15, -0.1) is 0 Å². The normalized spacial score (nSPS) is 10.4. The Kier molecular flexibility index (Phi) is 3.56. The molecule has 0 amide bonds. The number of anilines is 1. The Morgan fingerprint density at radius 3 is 2.76 bits per heavy atom. The van der Waals surface area contributed by atoms with E-state index in [0.717, 1.165) is 15.0 Å². The highest BCUT2D eigenvalue weighted by Gasteiger charge is 2.07. The first-order chi connectivity index (χ1) is 8.11. The summed E-state index contributed by atoms with van der Waals surface area (Å²) in [5.74, 6) is 1.16. The summed E-state index contributed by atoms with van der Waals surface area (Å²) in [5, 5.41) is 3.00. The van der Waals surface area contributed by atoms with E-state index >= 15 is 0 Å². The molecular weight excluding hydrogens is 332 g/mol. The maximum Gasteiger partial charge on any atom is 0.161 e. The van der Waals surface area contributed by atoms with E-state index in [1.165, 1.54) is 6.07 Å². The number of hydrogen-bond donors (Lipinski definition) is 1. The van der Waals surface area contributed by atoms with Gasteiger partial charge in [-0.25, -0.2) is 14.4 Å². The van der Waals surface area contributed by atoms with Crippen LogP contribution in [0, 0.1) is 16.3 Å². The van der Waals surface area contributed by atoms with Gasteiger partial charge in [0.1, 0.15) is 11.6 Å². The molecule has 0 atom stereocenters. The zero-order valence-corrected chi connectivity index (χ0v) is 11.6. The SMILES string of the molecule is CNc1nc(-c2ccc(F)c(C)c2)ncc1I. The van der Waals surface area contributed by atoms with Crippen LogP contribution in [-0.2, 0) is 0 Å². The molecule has 0 aliphatic heterocycles. The standard InChI is InChI=1S/C12H11FIN3/c1-7-5-8(3-4-9(7)13)11-16-6-10(14)12(15-2)17-11/h3-6H,1-2H3,(H,15,16,17). The van der Waals surface area contributed by atoms with Gasteiger partial charge < -0.3 is 5.32 Å². The van der Waals surface area contributed by atoms with Crippen LogP contribution < -0.4 is 5.32 Å². The highest BCUT2D eigenvalue weighted by atomic mass is 127. The van der Waals surface area contributed by atoms with Crippen LogP contribution in [0.4, 0.5) is 10.2 Å². The second kappa shape index (κ2) is 4.95. The minimum Gasteiger partial charge on any atom is -0.372 e. The summed E-state index contributed by atoms with van der Waals surface area (Å²) in [4.78, 5) is 8.63. The number of aryl methyl sites for hydroxylation is 1. The number of hydrogen-bond acceptors (Lipinski definition) is 3. The first kappa shape index (κ1) is 12.2. The molecule has 0 aliphatic rings. The van der Waals surface area contributed by atoms with Crippen molar-refractivity contribution in [2.75, 3.05) is 12.4 Å². The zero-order chi connectivity index (χ0) is 12.4. The fourth-order valence-electron chi connectivity index (χ4n) is 1.47. The predicted molar refractivity (Wildman–Crippen MR) is 74.4 cm³/mol. The molecule has 0 saturated heterocycles. The van der Waals surface area contributed by atoms with Gasteiger partial charge >= 0.3 is 0 Å². The summed E-state index contributed by atoms with van der Waals surface area (Å²) in [5.41, 5.74) is 1.41. The van der Waals surface area contributed by atoms with Crippen molar-refractivity contribution >= 4 is 28.4 Å². The molecule has 0 bridgehead atoms. The topological polar surface area (TPSA) is 37.8 Å². The third-order valence-corrected chi connectivity index (χ3v) is 3.19. The monoisotopic (exact) mass is 343 g/mol. The largest absolute Gasteiger partial charge is 0.372 e. The molecule has 5 heteroatoms. The quantitative estimate of drug-likeness (QED) is 0.851. The van der Waals surface area contributed by atoms with Crippen LogP contribution in [0.3, 0.4) is 0 Å². The van der Waals surface area contributed by atoms with Gasteiger partial charge in [-0.1, -0.05) is 0 Å². The van der Waals surface area contributed by atoms with E-state index in [4.69, 9.17) is 0 Å². The Morgan fingerprint density at radius 1 is 1.35 bits per heavy atom. The fourth-order valence-corrected chi connectivity index (χ4v) is 1.99. The molecule has 0 fully saturated rings.